The van der Waals surface area contributed by atoms with E-state index in [0.29, 0.717) is 30.0 Å². The van der Waals surface area contributed by atoms with Crippen LogP contribution < -0.4 is 5.32 Å². The van der Waals surface area contributed by atoms with Crippen LogP contribution >= 0.6 is 0 Å². The highest BCUT2D eigenvalue weighted by atomic mass is 16.2. The lowest BCUT2D eigenvalue weighted by molar-refractivity contribution is -0.125. The standard InChI is InChI=1S/C24H26N2O3/c27-22(25-16-18-11-5-2-6-12-18)21(15-17-9-3-1-4-10-17)26-23(28)19-13-7-8-14-20(19)24(26)29/h1,3-4,7-10,13-14,18,21H,2,5-6,11-12,15-16H2,(H,25,27). The number of nitrogens with zero attached hydrogens (tertiary/aromatic N) is 1. The van der Waals surface area contributed by atoms with E-state index < -0.39 is 6.04 Å². The van der Waals surface area contributed by atoms with E-state index in [9.17, 15) is 14.4 Å². The van der Waals surface area contributed by atoms with Crippen LogP contribution in [0.15, 0.2) is 54.6 Å². The van der Waals surface area contributed by atoms with Crippen molar-refractivity contribution in [2.75, 3.05) is 6.54 Å². The average Bonchev–Trinajstić information content (AvgIpc) is 3.02. The van der Waals surface area contributed by atoms with Crippen LogP contribution in [-0.2, 0) is 11.2 Å². The summed E-state index contributed by atoms with van der Waals surface area (Å²) in [5.74, 6) is -0.556. The van der Waals surface area contributed by atoms with Gasteiger partial charge in [0.05, 0.1) is 11.1 Å². The minimum atomic E-state index is -0.853. The number of nitrogens with one attached hydrogen (secondary N) is 1. The van der Waals surface area contributed by atoms with E-state index in [1.54, 1.807) is 24.3 Å². The molecule has 0 spiro atoms. The molecule has 5 nitrogen and oxygen atoms in total. The molecule has 1 aliphatic heterocycles. The Hall–Kier alpha value is -2.95. The van der Waals surface area contributed by atoms with Crippen molar-refractivity contribution in [3.8, 4) is 0 Å². The molecule has 0 aromatic heterocycles. The van der Waals surface area contributed by atoms with Crippen LogP contribution in [0.3, 0.4) is 0 Å². The molecule has 1 N–H and O–H groups in total. The molecule has 2 aliphatic rings. The smallest absolute Gasteiger partial charge is 0.262 e. The second kappa shape index (κ2) is 8.60. The average molecular weight is 390 g/mol. The summed E-state index contributed by atoms with van der Waals surface area (Å²) < 4.78 is 0. The quantitative estimate of drug-likeness (QED) is 0.767. The van der Waals surface area contributed by atoms with Crippen molar-refractivity contribution >= 4 is 17.7 Å². The number of carbonyl (C=O) groups is 3. The first-order chi connectivity index (χ1) is 14.1. The number of hydrogen-bond acceptors (Lipinski definition) is 3. The highest BCUT2D eigenvalue weighted by Crippen LogP contribution is 2.27. The molecule has 1 heterocycles. The van der Waals surface area contributed by atoms with Gasteiger partial charge in [0.15, 0.2) is 0 Å². The van der Waals surface area contributed by atoms with E-state index >= 15 is 0 Å². The fourth-order valence-corrected chi connectivity index (χ4v) is 4.38. The van der Waals surface area contributed by atoms with Gasteiger partial charge in [0.1, 0.15) is 6.04 Å². The van der Waals surface area contributed by atoms with Crippen molar-refractivity contribution in [1.82, 2.24) is 10.2 Å². The summed E-state index contributed by atoms with van der Waals surface area (Å²) in [7, 11) is 0. The molecule has 1 unspecified atom stereocenters. The van der Waals surface area contributed by atoms with Gasteiger partial charge in [-0.2, -0.15) is 0 Å². The van der Waals surface area contributed by atoms with E-state index in [2.05, 4.69) is 5.32 Å². The number of hydrogen-bond donors (Lipinski definition) is 1. The minimum Gasteiger partial charge on any atom is -0.354 e. The van der Waals surface area contributed by atoms with Gasteiger partial charge < -0.3 is 5.32 Å². The van der Waals surface area contributed by atoms with Gasteiger partial charge in [0.25, 0.3) is 11.8 Å². The summed E-state index contributed by atoms with van der Waals surface area (Å²) >= 11 is 0. The SMILES string of the molecule is O=C(NCC1CCCCC1)C(Cc1ccccc1)N1C(=O)c2ccccc2C1=O. The molecule has 1 saturated carbocycles. The van der Waals surface area contributed by atoms with Crippen LogP contribution in [0.25, 0.3) is 0 Å². The van der Waals surface area contributed by atoms with Crippen molar-refractivity contribution in [2.24, 2.45) is 5.92 Å². The van der Waals surface area contributed by atoms with E-state index in [-0.39, 0.29) is 17.7 Å². The topological polar surface area (TPSA) is 66.5 Å². The van der Waals surface area contributed by atoms with Crippen molar-refractivity contribution in [3.63, 3.8) is 0 Å². The molecule has 2 aromatic carbocycles. The van der Waals surface area contributed by atoms with Crippen molar-refractivity contribution < 1.29 is 14.4 Å². The normalized spacial score (nSPS) is 17.9. The molecule has 4 rings (SSSR count). The Bertz CT molecular complexity index is 868. The lowest BCUT2D eigenvalue weighted by atomic mass is 9.89. The van der Waals surface area contributed by atoms with Gasteiger partial charge in [0, 0.05) is 13.0 Å². The summed E-state index contributed by atoms with van der Waals surface area (Å²) in [5, 5.41) is 3.03. The van der Waals surface area contributed by atoms with Crippen LogP contribution in [0.4, 0.5) is 0 Å². The third kappa shape index (κ3) is 4.09. The Morgan fingerprint density at radius 3 is 2.10 bits per heavy atom. The van der Waals surface area contributed by atoms with Crippen LogP contribution in [-0.4, -0.2) is 35.2 Å². The summed E-state index contributed by atoms with van der Waals surface area (Å²) in [6.07, 6.45) is 6.21. The van der Waals surface area contributed by atoms with E-state index in [1.807, 2.05) is 30.3 Å². The number of rotatable bonds is 6. The van der Waals surface area contributed by atoms with E-state index in [4.69, 9.17) is 0 Å². The lowest BCUT2D eigenvalue weighted by Gasteiger charge is -2.27. The van der Waals surface area contributed by atoms with Crippen molar-refractivity contribution in [1.29, 1.82) is 0 Å². The molecule has 2 aromatic rings. The zero-order valence-corrected chi connectivity index (χ0v) is 16.5. The molecule has 150 valence electrons. The van der Waals surface area contributed by atoms with Crippen molar-refractivity contribution in [2.45, 2.75) is 44.6 Å². The fourth-order valence-electron chi connectivity index (χ4n) is 4.38. The van der Waals surface area contributed by atoms with Gasteiger partial charge in [-0.25, -0.2) is 0 Å². The predicted molar refractivity (Wildman–Crippen MR) is 110 cm³/mol. The summed E-state index contributed by atoms with van der Waals surface area (Å²) in [6.45, 7) is 0.604. The molecule has 1 aliphatic carbocycles. The maximum absolute atomic E-state index is 13.2. The summed E-state index contributed by atoms with van der Waals surface area (Å²) in [6, 6.07) is 15.5. The molecular formula is C24H26N2O3. The Morgan fingerprint density at radius 1 is 0.897 bits per heavy atom. The highest BCUT2D eigenvalue weighted by Gasteiger charge is 2.42. The molecule has 1 atom stereocenters. The van der Waals surface area contributed by atoms with Crippen LogP contribution in [0, 0.1) is 5.92 Å². The highest BCUT2D eigenvalue weighted by molar-refractivity contribution is 6.22. The number of fused-ring (bicyclic) bond motifs is 1. The number of amides is 3. The van der Waals surface area contributed by atoms with Gasteiger partial charge in [-0.1, -0.05) is 61.7 Å². The van der Waals surface area contributed by atoms with Gasteiger partial charge in [-0.05, 0) is 36.5 Å². The molecule has 5 heteroatoms. The number of benzene rings is 2. The van der Waals surface area contributed by atoms with Crippen LogP contribution in [0.1, 0.15) is 58.4 Å². The first-order valence-electron chi connectivity index (χ1n) is 10.4. The molecule has 0 radical (unpaired) electrons. The Kier molecular flexibility index (Phi) is 5.74. The number of carbonyl (C=O) groups excluding carboxylic acids is 3. The minimum absolute atomic E-state index is 0.256. The molecule has 29 heavy (non-hydrogen) atoms. The van der Waals surface area contributed by atoms with Gasteiger partial charge >= 0.3 is 0 Å². The predicted octanol–water partition coefficient (Wildman–Crippen LogP) is 3.59. The van der Waals surface area contributed by atoms with E-state index in [0.717, 1.165) is 23.3 Å². The van der Waals surface area contributed by atoms with Gasteiger partial charge in [-0.15, -0.1) is 0 Å². The first-order valence-corrected chi connectivity index (χ1v) is 10.4. The molecule has 1 fully saturated rings. The molecule has 3 amide bonds. The Morgan fingerprint density at radius 2 is 1.48 bits per heavy atom. The van der Waals surface area contributed by atoms with Gasteiger partial charge in [-0.3, -0.25) is 19.3 Å². The second-order valence-electron chi connectivity index (χ2n) is 7.98. The molecular weight excluding hydrogens is 364 g/mol. The molecule has 0 saturated heterocycles. The Labute approximate surface area is 171 Å². The van der Waals surface area contributed by atoms with Crippen molar-refractivity contribution in [3.05, 3.63) is 71.3 Å². The number of imide groups is 1. The maximum Gasteiger partial charge on any atom is 0.262 e. The largest absolute Gasteiger partial charge is 0.354 e. The first kappa shape index (κ1) is 19.4. The monoisotopic (exact) mass is 390 g/mol. The summed E-state index contributed by atoms with van der Waals surface area (Å²) in [4.78, 5) is 40.3. The molecule has 0 bridgehead atoms. The van der Waals surface area contributed by atoms with Crippen LogP contribution in [0.5, 0.6) is 0 Å². The maximum atomic E-state index is 13.2. The second-order valence-corrected chi connectivity index (χ2v) is 7.98. The third-order valence-corrected chi connectivity index (χ3v) is 6.00. The van der Waals surface area contributed by atoms with Crippen LogP contribution in [0.2, 0.25) is 0 Å². The fraction of sp³-hybridized carbons (Fsp3) is 0.375. The van der Waals surface area contributed by atoms with Gasteiger partial charge in [0.2, 0.25) is 5.91 Å². The lowest BCUT2D eigenvalue weighted by Crippen LogP contribution is -2.51. The zero-order valence-electron chi connectivity index (χ0n) is 16.5. The Balaban J connectivity index is 1.56. The van der Waals surface area contributed by atoms with E-state index in [1.165, 1.54) is 19.3 Å². The summed E-state index contributed by atoms with van der Waals surface area (Å²) in [5.41, 5.74) is 1.66. The third-order valence-electron chi connectivity index (χ3n) is 6.00. The zero-order chi connectivity index (χ0) is 20.2.